The van der Waals surface area contributed by atoms with E-state index in [2.05, 4.69) is 5.32 Å². The molecule has 112 valence electrons. The van der Waals surface area contributed by atoms with Gasteiger partial charge in [0.2, 0.25) is 5.91 Å². The van der Waals surface area contributed by atoms with Crippen molar-refractivity contribution < 1.29 is 9.72 Å². The van der Waals surface area contributed by atoms with Crippen molar-refractivity contribution in [2.75, 3.05) is 5.32 Å². The molecule has 0 saturated heterocycles. The van der Waals surface area contributed by atoms with Crippen molar-refractivity contribution in [2.24, 2.45) is 5.92 Å². The first kappa shape index (κ1) is 16.6. The van der Waals surface area contributed by atoms with Crippen LogP contribution in [0.15, 0.2) is 36.4 Å². The summed E-state index contributed by atoms with van der Waals surface area (Å²) >= 11 is 0. The normalized spacial score (nSPS) is 9.95. The molecule has 0 aliphatic carbocycles. The van der Waals surface area contributed by atoms with E-state index in [1.54, 1.807) is 32.0 Å². The summed E-state index contributed by atoms with van der Waals surface area (Å²) in [6.07, 6.45) is 0. The van der Waals surface area contributed by atoms with Crippen molar-refractivity contribution in [3.8, 4) is 0 Å². The number of carbonyl (C=O) groups is 1. The second-order valence-electron chi connectivity index (χ2n) is 4.65. The standard InChI is InChI=1S/C14H14N2O3.C2H6/c1-9(2)14(17)15-12-5-3-10-4-6-13(16(18)19)8-11(10)7-12;1-2/h3-9H,1-2H3,(H,15,17);1-2H3. The number of rotatable bonds is 3. The van der Waals surface area contributed by atoms with Crippen LogP contribution in [0.5, 0.6) is 0 Å². The zero-order chi connectivity index (χ0) is 16.0. The number of fused-ring (bicyclic) bond motifs is 1. The zero-order valence-electron chi connectivity index (χ0n) is 12.7. The van der Waals surface area contributed by atoms with Gasteiger partial charge in [0.15, 0.2) is 0 Å². The van der Waals surface area contributed by atoms with Crippen molar-refractivity contribution in [3.63, 3.8) is 0 Å². The molecule has 0 aliphatic rings. The number of nitrogens with zero attached hydrogens (tertiary/aromatic N) is 1. The molecular weight excluding hydrogens is 268 g/mol. The Morgan fingerprint density at radius 3 is 2.29 bits per heavy atom. The molecule has 0 aromatic heterocycles. The maximum Gasteiger partial charge on any atom is 0.270 e. The molecule has 0 spiro atoms. The summed E-state index contributed by atoms with van der Waals surface area (Å²) in [7, 11) is 0. The van der Waals surface area contributed by atoms with Gasteiger partial charge in [0.1, 0.15) is 0 Å². The quantitative estimate of drug-likeness (QED) is 0.673. The van der Waals surface area contributed by atoms with Gasteiger partial charge in [0, 0.05) is 23.7 Å². The summed E-state index contributed by atoms with van der Waals surface area (Å²) in [6.45, 7) is 7.61. The van der Waals surface area contributed by atoms with Crippen molar-refractivity contribution in [1.82, 2.24) is 0 Å². The number of hydrogen-bond acceptors (Lipinski definition) is 3. The molecule has 5 heteroatoms. The first-order valence-corrected chi connectivity index (χ1v) is 6.96. The third-order valence-electron chi connectivity index (χ3n) is 2.83. The molecular formula is C16H20N2O3. The Morgan fingerprint density at radius 2 is 1.71 bits per heavy atom. The van der Waals surface area contributed by atoms with Gasteiger partial charge in [0.05, 0.1) is 4.92 Å². The second-order valence-corrected chi connectivity index (χ2v) is 4.65. The van der Waals surface area contributed by atoms with E-state index < -0.39 is 4.92 Å². The third kappa shape index (κ3) is 4.27. The van der Waals surface area contributed by atoms with E-state index in [1.165, 1.54) is 12.1 Å². The summed E-state index contributed by atoms with van der Waals surface area (Å²) in [5, 5.41) is 15.1. The molecule has 21 heavy (non-hydrogen) atoms. The number of benzene rings is 2. The fraction of sp³-hybridized carbons (Fsp3) is 0.312. The molecule has 0 aliphatic heterocycles. The fourth-order valence-corrected chi connectivity index (χ4v) is 1.71. The van der Waals surface area contributed by atoms with Crippen LogP contribution >= 0.6 is 0 Å². The summed E-state index contributed by atoms with van der Waals surface area (Å²) in [4.78, 5) is 21.9. The van der Waals surface area contributed by atoms with Gasteiger partial charge in [-0.3, -0.25) is 14.9 Å². The largest absolute Gasteiger partial charge is 0.326 e. The molecule has 2 aromatic rings. The lowest BCUT2D eigenvalue weighted by Gasteiger charge is -2.08. The molecule has 0 atom stereocenters. The molecule has 0 fully saturated rings. The van der Waals surface area contributed by atoms with Crippen LogP contribution in [-0.2, 0) is 4.79 Å². The third-order valence-corrected chi connectivity index (χ3v) is 2.83. The van der Waals surface area contributed by atoms with E-state index in [0.29, 0.717) is 5.69 Å². The number of nitro groups is 1. The van der Waals surface area contributed by atoms with Crippen LogP contribution in [0.2, 0.25) is 0 Å². The molecule has 1 N–H and O–H groups in total. The highest BCUT2D eigenvalue weighted by atomic mass is 16.6. The Kier molecular flexibility index (Phi) is 5.84. The Hall–Kier alpha value is -2.43. The monoisotopic (exact) mass is 288 g/mol. The van der Waals surface area contributed by atoms with Crippen molar-refractivity contribution in [2.45, 2.75) is 27.7 Å². The predicted molar refractivity (Wildman–Crippen MR) is 85.4 cm³/mol. The second kappa shape index (κ2) is 7.38. The molecule has 0 heterocycles. The summed E-state index contributed by atoms with van der Waals surface area (Å²) in [6, 6.07) is 10.0. The lowest BCUT2D eigenvalue weighted by molar-refractivity contribution is -0.384. The molecule has 0 bridgehead atoms. The van der Waals surface area contributed by atoms with E-state index in [0.717, 1.165) is 10.8 Å². The Labute approximate surface area is 124 Å². The van der Waals surface area contributed by atoms with Gasteiger partial charge in [0.25, 0.3) is 5.69 Å². The van der Waals surface area contributed by atoms with Crippen LogP contribution in [0.3, 0.4) is 0 Å². The Morgan fingerprint density at radius 1 is 1.10 bits per heavy atom. The van der Waals surface area contributed by atoms with Crippen molar-refractivity contribution >= 4 is 28.1 Å². The first-order valence-electron chi connectivity index (χ1n) is 6.96. The van der Waals surface area contributed by atoms with Gasteiger partial charge in [-0.15, -0.1) is 0 Å². The van der Waals surface area contributed by atoms with Crippen LogP contribution in [0.25, 0.3) is 10.8 Å². The number of anilines is 1. The van der Waals surface area contributed by atoms with Crippen molar-refractivity contribution in [3.05, 3.63) is 46.5 Å². The van der Waals surface area contributed by atoms with E-state index in [1.807, 2.05) is 19.9 Å². The van der Waals surface area contributed by atoms with Crippen LogP contribution in [-0.4, -0.2) is 10.8 Å². The van der Waals surface area contributed by atoms with Gasteiger partial charge in [-0.1, -0.05) is 33.8 Å². The van der Waals surface area contributed by atoms with E-state index in [9.17, 15) is 14.9 Å². The number of non-ortho nitro benzene ring substituents is 1. The number of amides is 1. The highest BCUT2D eigenvalue weighted by molar-refractivity contribution is 5.95. The van der Waals surface area contributed by atoms with E-state index >= 15 is 0 Å². The van der Waals surface area contributed by atoms with Gasteiger partial charge < -0.3 is 5.32 Å². The Balaban J connectivity index is 0.00000106. The maximum atomic E-state index is 11.6. The van der Waals surface area contributed by atoms with Crippen LogP contribution in [0.1, 0.15) is 27.7 Å². The van der Waals surface area contributed by atoms with Crippen LogP contribution < -0.4 is 5.32 Å². The molecule has 0 unspecified atom stereocenters. The van der Waals surface area contributed by atoms with Crippen LogP contribution in [0.4, 0.5) is 11.4 Å². The number of nitrogens with one attached hydrogen (secondary N) is 1. The zero-order valence-corrected chi connectivity index (χ0v) is 12.7. The summed E-state index contributed by atoms with van der Waals surface area (Å²) in [5.74, 6) is -0.189. The average Bonchev–Trinajstić information content (AvgIpc) is 2.48. The minimum absolute atomic E-state index is 0.0415. The minimum Gasteiger partial charge on any atom is -0.326 e. The summed E-state index contributed by atoms with van der Waals surface area (Å²) in [5.41, 5.74) is 0.687. The molecule has 0 saturated carbocycles. The molecule has 1 amide bonds. The first-order chi connectivity index (χ1) is 9.97. The summed E-state index contributed by atoms with van der Waals surface area (Å²) < 4.78 is 0. The highest BCUT2D eigenvalue weighted by Gasteiger charge is 2.09. The number of nitro benzene ring substituents is 1. The van der Waals surface area contributed by atoms with Crippen LogP contribution in [0, 0.1) is 16.0 Å². The SMILES string of the molecule is CC.CC(C)C(=O)Nc1ccc2ccc([N+](=O)[O-])cc2c1. The number of hydrogen-bond donors (Lipinski definition) is 1. The van der Waals surface area contributed by atoms with Gasteiger partial charge >= 0.3 is 0 Å². The van der Waals surface area contributed by atoms with Gasteiger partial charge in [-0.25, -0.2) is 0 Å². The number of carbonyl (C=O) groups excluding carboxylic acids is 1. The molecule has 2 aromatic carbocycles. The lowest BCUT2D eigenvalue weighted by atomic mass is 10.1. The smallest absolute Gasteiger partial charge is 0.270 e. The predicted octanol–water partition coefficient (Wildman–Crippen LogP) is 4.37. The lowest BCUT2D eigenvalue weighted by Crippen LogP contribution is -2.17. The van der Waals surface area contributed by atoms with Gasteiger partial charge in [-0.2, -0.15) is 0 Å². The van der Waals surface area contributed by atoms with E-state index in [-0.39, 0.29) is 17.5 Å². The van der Waals surface area contributed by atoms with E-state index in [4.69, 9.17) is 0 Å². The molecule has 0 radical (unpaired) electrons. The molecule has 5 nitrogen and oxygen atoms in total. The van der Waals surface area contributed by atoms with Gasteiger partial charge in [-0.05, 0) is 29.0 Å². The topological polar surface area (TPSA) is 72.2 Å². The Bertz CT molecular complexity index is 651. The van der Waals surface area contributed by atoms with Crippen molar-refractivity contribution in [1.29, 1.82) is 0 Å². The fourth-order valence-electron chi connectivity index (χ4n) is 1.71. The average molecular weight is 288 g/mol. The molecule has 2 rings (SSSR count). The highest BCUT2D eigenvalue weighted by Crippen LogP contribution is 2.24. The minimum atomic E-state index is -0.432. The maximum absolute atomic E-state index is 11.6.